The Kier molecular flexibility index (Phi) is 2.72. The molecule has 0 saturated carbocycles. The normalized spacial score (nSPS) is 19.3. The molecule has 1 unspecified atom stereocenters. The Balaban J connectivity index is 2.01. The monoisotopic (exact) mass is 248 g/mol. The lowest BCUT2D eigenvalue weighted by Gasteiger charge is -2.18. The van der Waals surface area contributed by atoms with Crippen LogP contribution in [0.3, 0.4) is 0 Å². The van der Waals surface area contributed by atoms with E-state index >= 15 is 0 Å². The third kappa shape index (κ3) is 1.89. The van der Waals surface area contributed by atoms with Crippen LogP contribution in [0.25, 0.3) is 10.6 Å². The van der Waals surface area contributed by atoms with Crippen molar-refractivity contribution < 1.29 is 0 Å². The summed E-state index contributed by atoms with van der Waals surface area (Å²) in [7, 11) is 1.93. The van der Waals surface area contributed by atoms with Gasteiger partial charge < -0.3 is 5.73 Å². The van der Waals surface area contributed by atoms with Crippen molar-refractivity contribution in [3.05, 3.63) is 23.0 Å². The maximum Gasteiger partial charge on any atom is 0.127 e. The first-order valence-corrected chi connectivity index (χ1v) is 6.78. The number of aromatic nitrogens is 3. The largest absolute Gasteiger partial charge is 0.330 e. The topological polar surface area (TPSA) is 56.7 Å². The van der Waals surface area contributed by atoms with E-state index in [1.54, 1.807) is 11.3 Å². The van der Waals surface area contributed by atoms with Crippen LogP contribution in [0, 0.1) is 0 Å². The fraction of sp³-hybridized carbons (Fsp3) is 0.500. The number of hydrogen-bond acceptors (Lipinski definition) is 4. The molecule has 2 heterocycles. The van der Waals surface area contributed by atoms with Gasteiger partial charge >= 0.3 is 0 Å². The van der Waals surface area contributed by atoms with Gasteiger partial charge in [0.05, 0.1) is 11.9 Å². The standard InChI is InChI=1S/C12H16N4S/c1-16-7-9(6-14-16)12-15-11-8(5-13)3-2-4-10(11)17-12/h6-8H,2-5,13H2,1H3. The fourth-order valence-electron chi connectivity index (χ4n) is 2.39. The molecule has 0 bridgehead atoms. The molecular formula is C12H16N4S. The quantitative estimate of drug-likeness (QED) is 0.883. The molecule has 0 amide bonds. The molecule has 0 saturated heterocycles. The molecule has 3 rings (SSSR count). The van der Waals surface area contributed by atoms with Crippen molar-refractivity contribution in [2.45, 2.75) is 25.2 Å². The Labute approximate surface area is 104 Å². The summed E-state index contributed by atoms with van der Waals surface area (Å²) in [5, 5.41) is 5.28. The van der Waals surface area contributed by atoms with E-state index in [2.05, 4.69) is 5.10 Å². The minimum Gasteiger partial charge on any atom is -0.330 e. The number of nitrogens with zero attached hydrogens (tertiary/aromatic N) is 3. The summed E-state index contributed by atoms with van der Waals surface area (Å²) in [5.74, 6) is 0.459. The molecule has 0 spiro atoms. The van der Waals surface area contributed by atoms with E-state index in [1.165, 1.54) is 23.4 Å². The molecule has 0 fully saturated rings. The maximum absolute atomic E-state index is 5.82. The van der Waals surface area contributed by atoms with Crippen molar-refractivity contribution in [1.29, 1.82) is 0 Å². The van der Waals surface area contributed by atoms with Gasteiger partial charge in [0.1, 0.15) is 5.01 Å². The highest BCUT2D eigenvalue weighted by Crippen LogP contribution is 2.37. The Bertz CT molecular complexity index is 528. The van der Waals surface area contributed by atoms with Crippen molar-refractivity contribution in [2.75, 3.05) is 6.54 Å². The second-order valence-corrected chi connectivity index (χ2v) is 5.64. The van der Waals surface area contributed by atoms with Gasteiger partial charge in [0.25, 0.3) is 0 Å². The molecule has 1 aliphatic rings. The van der Waals surface area contributed by atoms with E-state index in [0.717, 1.165) is 17.0 Å². The average molecular weight is 248 g/mol. The molecule has 4 nitrogen and oxygen atoms in total. The van der Waals surface area contributed by atoms with E-state index in [1.807, 2.05) is 24.1 Å². The number of hydrogen-bond donors (Lipinski definition) is 1. The van der Waals surface area contributed by atoms with Gasteiger partial charge in [-0.25, -0.2) is 4.98 Å². The first-order chi connectivity index (χ1) is 8.28. The maximum atomic E-state index is 5.82. The molecule has 0 aromatic carbocycles. The smallest absolute Gasteiger partial charge is 0.127 e. The van der Waals surface area contributed by atoms with Gasteiger partial charge in [-0.05, 0) is 19.3 Å². The van der Waals surface area contributed by atoms with E-state index in [9.17, 15) is 0 Å². The van der Waals surface area contributed by atoms with Crippen molar-refractivity contribution in [2.24, 2.45) is 12.8 Å². The third-order valence-corrected chi connectivity index (χ3v) is 4.49. The molecule has 2 aromatic rings. The minimum atomic E-state index is 0.459. The van der Waals surface area contributed by atoms with Gasteiger partial charge in [-0.3, -0.25) is 4.68 Å². The van der Waals surface area contributed by atoms with Crippen LogP contribution in [-0.4, -0.2) is 21.3 Å². The van der Waals surface area contributed by atoms with E-state index in [4.69, 9.17) is 10.7 Å². The average Bonchev–Trinajstić information content (AvgIpc) is 2.93. The first-order valence-electron chi connectivity index (χ1n) is 5.96. The number of fused-ring (bicyclic) bond motifs is 1. The van der Waals surface area contributed by atoms with Crippen LogP contribution in [0.15, 0.2) is 12.4 Å². The van der Waals surface area contributed by atoms with Gasteiger partial charge in [-0.1, -0.05) is 0 Å². The molecule has 1 atom stereocenters. The Morgan fingerprint density at radius 3 is 3.18 bits per heavy atom. The SMILES string of the molecule is Cn1cc(-c2nc3c(s2)CCCC3CN)cn1. The summed E-state index contributed by atoms with van der Waals surface area (Å²) in [4.78, 5) is 6.19. The Morgan fingerprint density at radius 2 is 2.47 bits per heavy atom. The van der Waals surface area contributed by atoms with Gasteiger partial charge in [0.2, 0.25) is 0 Å². The molecule has 2 aromatic heterocycles. The lowest BCUT2D eigenvalue weighted by Crippen LogP contribution is -2.17. The number of aryl methyl sites for hydroxylation is 2. The molecule has 1 aliphatic carbocycles. The van der Waals surface area contributed by atoms with Gasteiger partial charge in [-0.15, -0.1) is 11.3 Å². The second-order valence-electron chi connectivity index (χ2n) is 4.55. The van der Waals surface area contributed by atoms with Crippen LogP contribution < -0.4 is 5.73 Å². The fourth-order valence-corrected chi connectivity index (χ4v) is 3.56. The van der Waals surface area contributed by atoms with Crippen LogP contribution in [0.2, 0.25) is 0 Å². The minimum absolute atomic E-state index is 0.459. The number of rotatable bonds is 2. The molecule has 0 aliphatic heterocycles. The van der Waals surface area contributed by atoms with E-state index in [0.29, 0.717) is 12.5 Å². The predicted octanol–water partition coefficient (Wildman–Crippen LogP) is 1.92. The Morgan fingerprint density at radius 1 is 1.59 bits per heavy atom. The van der Waals surface area contributed by atoms with Gasteiger partial charge in [0.15, 0.2) is 0 Å². The zero-order valence-corrected chi connectivity index (χ0v) is 10.7. The highest BCUT2D eigenvalue weighted by molar-refractivity contribution is 7.15. The number of nitrogens with two attached hydrogens (primary N) is 1. The molecule has 2 N–H and O–H groups in total. The van der Waals surface area contributed by atoms with Crippen molar-refractivity contribution in [3.63, 3.8) is 0 Å². The number of thiazole rings is 1. The van der Waals surface area contributed by atoms with E-state index < -0.39 is 0 Å². The van der Waals surface area contributed by atoms with Crippen LogP contribution in [0.5, 0.6) is 0 Å². The van der Waals surface area contributed by atoms with Gasteiger partial charge in [0, 0.05) is 36.1 Å². The molecule has 17 heavy (non-hydrogen) atoms. The first kappa shape index (κ1) is 10.9. The van der Waals surface area contributed by atoms with Crippen molar-refractivity contribution in [3.8, 4) is 10.6 Å². The second kappa shape index (κ2) is 4.23. The van der Waals surface area contributed by atoms with Crippen LogP contribution in [0.4, 0.5) is 0 Å². The van der Waals surface area contributed by atoms with Gasteiger partial charge in [-0.2, -0.15) is 5.10 Å². The molecule has 90 valence electrons. The predicted molar refractivity (Wildman–Crippen MR) is 69.0 cm³/mol. The van der Waals surface area contributed by atoms with Crippen LogP contribution in [-0.2, 0) is 13.5 Å². The highest BCUT2D eigenvalue weighted by atomic mass is 32.1. The zero-order valence-electron chi connectivity index (χ0n) is 9.89. The van der Waals surface area contributed by atoms with Crippen LogP contribution in [0.1, 0.15) is 29.3 Å². The molecular weight excluding hydrogens is 232 g/mol. The summed E-state index contributed by atoms with van der Waals surface area (Å²) >= 11 is 1.80. The van der Waals surface area contributed by atoms with E-state index in [-0.39, 0.29) is 0 Å². The lowest BCUT2D eigenvalue weighted by atomic mass is 9.91. The molecule has 5 heteroatoms. The van der Waals surface area contributed by atoms with Crippen molar-refractivity contribution >= 4 is 11.3 Å². The third-order valence-electron chi connectivity index (χ3n) is 3.31. The highest BCUT2D eigenvalue weighted by Gasteiger charge is 2.24. The summed E-state index contributed by atoms with van der Waals surface area (Å²) in [6.07, 6.45) is 7.47. The van der Waals surface area contributed by atoms with Crippen LogP contribution >= 0.6 is 11.3 Å². The summed E-state index contributed by atoms with van der Waals surface area (Å²) < 4.78 is 1.82. The molecule has 0 radical (unpaired) electrons. The summed E-state index contributed by atoms with van der Waals surface area (Å²) in [6.45, 7) is 0.712. The summed E-state index contributed by atoms with van der Waals surface area (Å²) in [6, 6.07) is 0. The lowest BCUT2D eigenvalue weighted by molar-refractivity contribution is 0.554. The van der Waals surface area contributed by atoms with Crippen molar-refractivity contribution in [1.82, 2.24) is 14.8 Å². The Hall–Kier alpha value is -1.20. The zero-order chi connectivity index (χ0) is 11.8. The summed E-state index contributed by atoms with van der Waals surface area (Å²) in [5.41, 5.74) is 8.17.